The lowest BCUT2D eigenvalue weighted by Crippen LogP contribution is -2.49. The quantitative estimate of drug-likeness (QED) is 0.750. The van der Waals surface area contributed by atoms with Gasteiger partial charge in [0, 0.05) is 17.4 Å². The van der Waals surface area contributed by atoms with E-state index in [0.29, 0.717) is 11.4 Å². The van der Waals surface area contributed by atoms with Crippen LogP contribution in [0.1, 0.15) is 36.9 Å². The molecule has 1 heterocycles. The Morgan fingerprint density at radius 3 is 2.33 bits per heavy atom. The van der Waals surface area contributed by atoms with Crippen LogP contribution in [0.4, 0.5) is 23.7 Å². The number of nitrogens with zero attached hydrogens (tertiary/aromatic N) is 1. The van der Waals surface area contributed by atoms with Crippen LogP contribution in [0.5, 0.6) is 0 Å². The third kappa shape index (κ3) is 3.77. The van der Waals surface area contributed by atoms with Gasteiger partial charge in [-0.3, -0.25) is 9.69 Å². The molecule has 1 unspecified atom stereocenters. The lowest BCUT2D eigenvalue weighted by atomic mass is 9.90. The molecule has 0 radical (unpaired) electrons. The lowest BCUT2D eigenvalue weighted by Gasteiger charge is -2.36. The van der Waals surface area contributed by atoms with E-state index in [9.17, 15) is 22.8 Å². The second-order valence-electron chi connectivity index (χ2n) is 7.39. The molecule has 0 aromatic heterocycles. The van der Waals surface area contributed by atoms with Gasteiger partial charge in [0.2, 0.25) is 0 Å². The van der Waals surface area contributed by atoms with Gasteiger partial charge in [0.15, 0.2) is 0 Å². The average molecular weight is 415 g/mol. The molecular weight excluding hydrogens is 395 g/mol. The maximum atomic E-state index is 13.6. The van der Waals surface area contributed by atoms with E-state index in [0.717, 1.165) is 18.9 Å². The van der Waals surface area contributed by atoms with Crippen molar-refractivity contribution in [1.29, 1.82) is 0 Å². The van der Waals surface area contributed by atoms with Gasteiger partial charge < -0.3 is 10.6 Å². The average Bonchev–Trinajstić information content (AvgIpc) is 3.52. The van der Waals surface area contributed by atoms with Crippen LogP contribution in [-0.4, -0.2) is 22.9 Å². The van der Waals surface area contributed by atoms with Gasteiger partial charge in [-0.2, -0.15) is 13.2 Å². The highest BCUT2D eigenvalue weighted by Gasteiger charge is 2.44. The fourth-order valence-electron chi connectivity index (χ4n) is 3.78. The first kappa shape index (κ1) is 20.0. The zero-order valence-electron chi connectivity index (χ0n) is 16.2. The number of hydrogen-bond donors (Lipinski definition) is 2. The van der Waals surface area contributed by atoms with Crippen molar-refractivity contribution in [3.05, 3.63) is 77.0 Å². The lowest BCUT2D eigenvalue weighted by molar-refractivity contribution is -0.138. The summed E-state index contributed by atoms with van der Waals surface area (Å²) in [7, 11) is 0. The Morgan fingerprint density at radius 1 is 1.07 bits per heavy atom. The van der Waals surface area contributed by atoms with Gasteiger partial charge in [0.1, 0.15) is 0 Å². The molecule has 1 aliphatic carbocycles. The SMILES string of the molecule is CC1=C(C(=O)Nc2ccccc2)C(c2ccccc2C(F)(F)F)NC(=O)N1C1CC1. The fourth-order valence-corrected chi connectivity index (χ4v) is 3.78. The number of para-hydroxylation sites is 1. The smallest absolute Gasteiger partial charge is 0.326 e. The normalized spacial score (nSPS) is 19.5. The summed E-state index contributed by atoms with van der Waals surface area (Å²) in [5.74, 6) is -0.550. The van der Waals surface area contributed by atoms with Gasteiger partial charge in [-0.05, 0) is 43.5 Å². The molecule has 2 aliphatic rings. The molecule has 2 N–H and O–H groups in total. The summed E-state index contributed by atoms with van der Waals surface area (Å²) in [4.78, 5) is 27.4. The van der Waals surface area contributed by atoms with Crippen molar-refractivity contribution in [1.82, 2.24) is 10.2 Å². The first-order valence-electron chi connectivity index (χ1n) is 9.60. The minimum atomic E-state index is -4.62. The van der Waals surface area contributed by atoms with Crippen LogP contribution in [0.2, 0.25) is 0 Å². The molecule has 0 bridgehead atoms. The number of carbonyl (C=O) groups is 2. The predicted octanol–water partition coefficient (Wildman–Crippen LogP) is 4.85. The topological polar surface area (TPSA) is 61.4 Å². The maximum absolute atomic E-state index is 13.6. The van der Waals surface area contributed by atoms with E-state index >= 15 is 0 Å². The second-order valence-corrected chi connectivity index (χ2v) is 7.39. The zero-order chi connectivity index (χ0) is 21.5. The van der Waals surface area contributed by atoms with Gasteiger partial charge in [0.25, 0.3) is 5.91 Å². The number of halogens is 3. The van der Waals surface area contributed by atoms with Crippen LogP contribution in [0.25, 0.3) is 0 Å². The number of alkyl halides is 3. The number of anilines is 1. The molecule has 2 aromatic rings. The molecule has 1 fully saturated rings. The number of nitrogens with one attached hydrogen (secondary N) is 2. The third-order valence-electron chi connectivity index (χ3n) is 5.29. The van der Waals surface area contributed by atoms with Crippen molar-refractivity contribution in [3.63, 3.8) is 0 Å². The molecule has 1 atom stereocenters. The molecule has 2 aromatic carbocycles. The zero-order valence-corrected chi connectivity index (χ0v) is 16.2. The van der Waals surface area contributed by atoms with Crippen LogP contribution < -0.4 is 10.6 Å². The summed E-state index contributed by atoms with van der Waals surface area (Å²) in [6.45, 7) is 1.61. The Labute approximate surface area is 171 Å². The van der Waals surface area contributed by atoms with Crippen LogP contribution >= 0.6 is 0 Å². The van der Waals surface area contributed by atoms with Crippen LogP contribution in [0.15, 0.2) is 65.9 Å². The number of urea groups is 1. The van der Waals surface area contributed by atoms with Crippen LogP contribution in [-0.2, 0) is 11.0 Å². The summed E-state index contributed by atoms with van der Waals surface area (Å²) >= 11 is 0. The summed E-state index contributed by atoms with van der Waals surface area (Å²) in [5, 5.41) is 5.37. The molecule has 0 saturated heterocycles. The number of rotatable bonds is 4. The van der Waals surface area contributed by atoms with Gasteiger partial charge in [0.05, 0.1) is 17.2 Å². The number of hydrogen-bond acceptors (Lipinski definition) is 2. The predicted molar refractivity (Wildman–Crippen MR) is 105 cm³/mol. The monoisotopic (exact) mass is 415 g/mol. The Hall–Kier alpha value is -3.29. The molecular formula is C22H20F3N3O2. The van der Waals surface area contributed by atoms with Crippen molar-refractivity contribution in [2.45, 2.75) is 38.0 Å². The van der Waals surface area contributed by atoms with E-state index in [-0.39, 0.29) is 17.2 Å². The Bertz CT molecular complexity index is 1010. The van der Waals surface area contributed by atoms with E-state index in [1.165, 1.54) is 23.1 Å². The van der Waals surface area contributed by atoms with Crippen molar-refractivity contribution >= 4 is 17.6 Å². The second kappa shape index (κ2) is 7.51. The number of carbonyl (C=O) groups excluding carboxylic acids is 2. The first-order chi connectivity index (χ1) is 14.3. The summed E-state index contributed by atoms with van der Waals surface area (Å²) < 4.78 is 40.9. The summed E-state index contributed by atoms with van der Waals surface area (Å²) in [6, 6.07) is 11.9. The van der Waals surface area contributed by atoms with Crippen molar-refractivity contribution < 1.29 is 22.8 Å². The van der Waals surface area contributed by atoms with E-state index in [4.69, 9.17) is 0 Å². The molecule has 0 spiro atoms. The minimum absolute atomic E-state index is 0.0386. The van der Waals surface area contributed by atoms with Crippen LogP contribution in [0, 0.1) is 0 Å². The number of benzene rings is 2. The molecule has 1 aliphatic heterocycles. The molecule has 3 amide bonds. The van der Waals surface area contributed by atoms with Crippen molar-refractivity contribution in [3.8, 4) is 0 Å². The summed E-state index contributed by atoms with van der Waals surface area (Å²) in [6.07, 6.45) is -3.03. The van der Waals surface area contributed by atoms with Gasteiger partial charge in [-0.25, -0.2) is 4.79 Å². The summed E-state index contributed by atoms with van der Waals surface area (Å²) in [5.41, 5.74) is -0.0569. The Balaban J connectivity index is 1.81. The van der Waals surface area contributed by atoms with E-state index in [1.807, 2.05) is 0 Å². The van der Waals surface area contributed by atoms with Gasteiger partial charge >= 0.3 is 12.2 Å². The van der Waals surface area contributed by atoms with E-state index < -0.39 is 29.7 Å². The maximum Gasteiger partial charge on any atom is 0.416 e. The molecule has 1 saturated carbocycles. The third-order valence-corrected chi connectivity index (χ3v) is 5.29. The molecule has 8 heteroatoms. The van der Waals surface area contributed by atoms with E-state index in [2.05, 4.69) is 10.6 Å². The van der Waals surface area contributed by atoms with Crippen molar-refractivity contribution in [2.75, 3.05) is 5.32 Å². The number of amides is 3. The van der Waals surface area contributed by atoms with Gasteiger partial charge in [-0.1, -0.05) is 36.4 Å². The molecule has 30 heavy (non-hydrogen) atoms. The Kier molecular flexibility index (Phi) is 5.01. The standard InChI is InChI=1S/C22H20F3N3O2/c1-13-18(20(29)26-14-7-3-2-4-8-14)19(27-21(30)28(13)15-11-12-15)16-9-5-6-10-17(16)22(23,24)25/h2-10,15,19H,11-12H2,1H3,(H,26,29)(H,27,30). The largest absolute Gasteiger partial charge is 0.416 e. The van der Waals surface area contributed by atoms with Crippen molar-refractivity contribution in [2.24, 2.45) is 0 Å². The molecule has 156 valence electrons. The van der Waals surface area contributed by atoms with Gasteiger partial charge in [-0.15, -0.1) is 0 Å². The highest BCUT2D eigenvalue weighted by Crippen LogP contribution is 2.41. The molecule has 4 rings (SSSR count). The fraction of sp³-hybridized carbons (Fsp3) is 0.273. The highest BCUT2D eigenvalue weighted by molar-refractivity contribution is 6.06. The first-order valence-corrected chi connectivity index (χ1v) is 9.60. The number of allylic oxidation sites excluding steroid dienone is 1. The highest BCUT2D eigenvalue weighted by atomic mass is 19.4. The van der Waals surface area contributed by atoms with Crippen LogP contribution in [0.3, 0.4) is 0 Å². The van der Waals surface area contributed by atoms with E-state index in [1.54, 1.807) is 37.3 Å². The Morgan fingerprint density at radius 2 is 1.70 bits per heavy atom. The minimum Gasteiger partial charge on any atom is -0.326 e. The molecule has 5 nitrogen and oxygen atoms in total.